The van der Waals surface area contributed by atoms with Crippen molar-refractivity contribution in [2.45, 2.75) is 24.1 Å². The molecule has 4 atom stereocenters. The van der Waals surface area contributed by atoms with Gasteiger partial charge >= 0.3 is 11.9 Å². The van der Waals surface area contributed by atoms with Gasteiger partial charge in [0.1, 0.15) is 6.04 Å². The molecule has 7 heteroatoms. The van der Waals surface area contributed by atoms with Crippen molar-refractivity contribution in [2.75, 3.05) is 7.11 Å². The minimum absolute atomic E-state index is 0.546. The smallest absolute Gasteiger partial charge is 0.330 e. The predicted octanol–water partition coefficient (Wildman–Crippen LogP) is 6.96. The van der Waals surface area contributed by atoms with Gasteiger partial charge in [-0.15, -0.1) is 0 Å². The van der Waals surface area contributed by atoms with E-state index in [-0.39, 0.29) is 0 Å². The highest BCUT2D eigenvalue weighted by Crippen LogP contribution is 2.60. The van der Waals surface area contributed by atoms with E-state index in [2.05, 4.69) is 22.0 Å². The summed E-state index contributed by atoms with van der Waals surface area (Å²) in [5.74, 6) is -2.14. The van der Waals surface area contributed by atoms with Crippen LogP contribution >= 0.6 is 15.9 Å². The molecule has 6 rings (SSSR count). The van der Waals surface area contributed by atoms with Crippen molar-refractivity contribution in [1.82, 2.24) is 4.90 Å². The number of nitrogens with zero attached hydrogens (tertiary/aromatic N) is 2. The van der Waals surface area contributed by atoms with Gasteiger partial charge in [0.15, 0.2) is 11.5 Å². The van der Waals surface area contributed by atoms with Crippen LogP contribution in [0.2, 0.25) is 0 Å². The molecule has 4 aromatic rings. The summed E-state index contributed by atoms with van der Waals surface area (Å²) in [6, 6.07) is 34.6. The number of ether oxygens (including phenoxy) is 2. The third-order valence-corrected chi connectivity index (χ3v) is 8.72. The van der Waals surface area contributed by atoms with E-state index in [0.717, 1.165) is 26.7 Å². The number of rotatable bonds is 6. The Kier molecular flexibility index (Phi) is 7.40. The first-order valence-electron chi connectivity index (χ1n) is 13.6. The van der Waals surface area contributed by atoms with E-state index < -0.39 is 41.5 Å². The van der Waals surface area contributed by atoms with Crippen molar-refractivity contribution < 1.29 is 19.1 Å². The van der Waals surface area contributed by atoms with Crippen molar-refractivity contribution in [3.05, 3.63) is 148 Å². The summed E-state index contributed by atoms with van der Waals surface area (Å²) in [5.41, 5.74) is 2.17. The van der Waals surface area contributed by atoms with Crippen LogP contribution in [0.4, 0.5) is 0 Å². The monoisotopic (exact) mass is 618 g/mol. The number of benzene rings is 4. The van der Waals surface area contributed by atoms with Gasteiger partial charge in [-0.1, -0.05) is 113 Å². The standard InChI is InChI=1S/C35H27BrN2O4/c1-41-34(40)35(22-37)29(24-16-18-27(36)19-17-24)30(38-21-20-23-10-8-9-15-28(23)32(35)38)33(39)42-31(25-11-4-2-5-12-25)26-13-6-3-7-14-26/h2-21,29-32H,1H3/t29-,30+,32-,35-/m1/s1. The van der Waals surface area contributed by atoms with Gasteiger partial charge in [-0.2, -0.15) is 5.26 Å². The Morgan fingerprint density at radius 3 is 2.07 bits per heavy atom. The summed E-state index contributed by atoms with van der Waals surface area (Å²) in [6.07, 6.45) is 3.01. The van der Waals surface area contributed by atoms with Crippen LogP contribution in [0, 0.1) is 16.7 Å². The zero-order chi connectivity index (χ0) is 29.3. The fourth-order valence-corrected chi connectivity index (χ4v) is 6.64. The molecule has 0 unspecified atom stereocenters. The molecule has 0 amide bonds. The molecule has 0 N–H and O–H groups in total. The highest BCUT2D eigenvalue weighted by molar-refractivity contribution is 9.10. The number of hydrogen-bond donors (Lipinski definition) is 0. The molecule has 208 valence electrons. The van der Waals surface area contributed by atoms with Crippen molar-refractivity contribution in [3.63, 3.8) is 0 Å². The van der Waals surface area contributed by atoms with Crippen molar-refractivity contribution in [1.29, 1.82) is 5.26 Å². The lowest BCUT2D eigenvalue weighted by Crippen LogP contribution is -2.41. The minimum Gasteiger partial charge on any atom is -0.468 e. The van der Waals surface area contributed by atoms with Crippen LogP contribution in [0.5, 0.6) is 0 Å². The molecular weight excluding hydrogens is 592 g/mol. The first kappa shape index (κ1) is 27.5. The summed E-state index contributed by atoms with van der Waals surface area (Å²) in [4.78, 5) is 30.2. The van der Waals surface area contributed by atoms with Gasteiger partial charge in [-0.25, -0.2) is 4.79 Å². The molecule has 0 radical (unpaired) electrons. The summed E-state index contributed by atoms with van der Waals surface area (Å²) in [5, 5.41) is 10.9. The van der Waals surface area contributed by atoms with Crippen LogP contribution < -0.4 is 0 Å². The summed E-state index contributed by atoms with van der Waals surface area (Å²) in [6.45, 7) is 0. The molecule has 0 spiro atoms. The molecule has 0 aliphatic carbocycles. The average Bonchev–Trinajstić information content (AvgIpc) is 3.36. The molecular formula is C35H27BrN2O4. The molecule has 0 bridgehead atoms. The van der Waals surface area contributed by atoms with Gasteiger partial charge in [0, 0.05) is 16.6 Å². The number of halogens is 1. The molecule has 0 aromatic heterocycles. The Hall–Kier alpha value is -4.67. The quantitative estimate of drug-likeness (QED) is 0.217. The van der Waals surface area contributed by atoms with Gasteiger partial charge < -0.3 is 14.4 Å². The maximum absolute atomic E-state index is 14.6. The maximum Gasteiger partial charge on any atom is 0.330 e. The first-order valence-corrected chi connectivity index (χ1v) is 14.4. The summed E-state index contributed by atoms with van der Waals surface area (Å²) in [7, 11) is 1.28. The first-order chi connectivity index (χ1) is 20.5. The Bertz CT molecular complexity index is 1640. The SMILES string of the molecule is COC(=O)[C@]1(C#N)[C@H](c2ccc(Br)cc2)[C@@H](C(=O)OC(c2ccccc2)c2ccccc2)N2C=Cc3ccccc3[C@@H]21. The normalized spacial score (nSPS) is 22.1. The van der Waals surface area contributed by atoms with Gasteiger partial charge in [-0.05, 0) is 46.0 Å². The molecule has 0 saturated carbocycles. The fraction of sp³-hybridized carbons (Fsp3) is 0.171. The molecule has 42 heavy (non-hydrogen) atoms. The minimum atomic E-state index is -1.75. The number of methoxy groups -OCH3 is 1. The van der Waals surface area contributed by atoms with Gasteiger partial charge in [0.25, 0.3) is 0 Å². The van der Waals surface area contributed by atoms with Gasteiger partial charge in [0.05, 0.1) is 19.2 Å². The van der Waals surface area contributed by atoms with E-state index in [1.54, 1.807) is 6.20 Å². The van der Waals surface area contributed by atoms with Crippen molar-refractivity contribution in [2.24, 2.45) is 5.41 Å². The second-order valence-corrected chi connectivity index (χ2v) is 11.3. The van der Waals surface area contributed by atoms with E-state index in [1.807, 2.05) is 120 Å². The van der Waals surface area contributed by atoms with E-state index in [0.29, 0.717) is 5.56 Å². The Balaban J connectivity index is 1.54. The Labute approximate surface area is 252 Å². The van der Waals surface area contributed by atoms with Crippen LogP contribution in [0.3, 0.4) is 0 Å². The van der Waals surface area contributed by atoms with E-state index >= 15 is 0 Å². The number of esters is 2. The third kappa shape index (κ3) is 4.49. The molecule has 4 aromatic carbocycles. The number of hydrogen-bond acceptors (Lipinski definition) is 6. The largest absolute Gasteiger partial charge is 0.468 e. The number of carbonyl (C=O) groups excluding carboxylic acids is 2. The second-order valence-electron chi connectivity index (χ2n) is 10.4. The van der Waals surface area contributed by atoms with Gasteiger partial charge in [-0.3, -0.25) is 4.79 Å². The van der Waals surface area contributed by atoms with Crippen LogP contribution in [-0.4, -0.2) is 30.0 Å². The second kappa shape index (κ2) is 11.3. The summed E-state index contributed by atoms with van der Waals surface area (Å²) < 4.78 is 12.6. The van der Waals surface area contributed by atoms with E-state index in [1.165, 1.54) is 7.11 Å². The molecule has 1 fully saturated rings. The van der Waals surface area contributed by atoms with Crippen LogP contribution in [0.15, 0.2) is 120 Å². The Morgan fingerprint density at radius 2 is 1.48 bits per heavy atom. The zero-order valence-electron chi connectivity index (χ0n) is 22.8. The zero-order valence-corrected chi connectivity index (χ0v) is 24.3. The number of fused-ring (bicyclic) bond motifs is 3. The lowest BCUT2D eigenvalue weighted by atomic mass is 9.67. The predicted molar refractivity (Wildman–Crippen MR) is 162 cm³/mol. The third-order valence-electron chi connectivity index (χ3n) is 8.19. The van der Waals surface area contributed by atoms with Gasteiger partial charge in [0.2, 0.25) is 0 Å². The van der Waals surface area contributed by atoms with Crippen LogP contribution in [0.1, 0.15) is 45.9 Å². The van der Waals surface area contributed by atoms with Crippen LogP contribution in [0.25, 0.3) is 6.08 Å². The number of nitriles is 1. The Morgan fingerprint density at radius 1 is 0.881 bits per heavy atom. The van der Waals surface area contributed by atoms with Crippen molar-refractivity contribution >= 4 is 33.9 Å². The highest BCUT2D eigenvalue weighted by atomic mass is 79.9. The molecule has 2 aliphatic heterocycles. The molecule has 2 heterocycles. The van der Waals surface area contributed by atoms with Crippen molar-refractivity contribution in [3.8, 4) is 6.07 Å². The lowest BCUT2D eigenvalue weighted by Gasteiger charge is -2.36. The maximum atomic E-state index is 14.6. The van der Waals surface area contributed by atoms with Crippen LogP contribution in [-0.2, 0) is 19.1 Å². The molecule has 6 nitrogen and oxygen atoms in total. The average molecular weight is 620 g/mol. The topological polar surface area (TPSA) is 79.6 Å². The molecule has 2 aliphatic rings. The summed E-state index contributed by atoms with van der Waals surface area (Å²) >= 11 is 3.48. The lowest BCUT2D eigenvalue weighted by molar-refractivity contribution is -0.153. The number of carbonyl (C=O) groups is 2. The fourth-order valence-electron chi connectivity index (χ4n) is 6.38. The molecule has 1 saturated heterocycles. The highest BCUT2D eigenvalue weighted by Gasteiger charge is 2.68. The van der Waals surface area contributed by atoms with E-state index in [9.17, 15) is 14.9 Å². The van der Waals surface area contributed by atoms with E-state index in [4.69, 9.17) is 9.47 Å².